The van der Waals surface area contributed by atoms with E-state index in [1.54, 1.807) is 7.11 Å². The summed E-state index contributed by atoms with van der Waals surface area (Å²) in [4.78, 5) is 14.4. The number of carbonyl (C=O) groups excluding carboxylic acids is 1. The van der Waals surface area contributed by atoms with Crippen molar-refractivity contribution in [3.8, 4) is 5.75 Å². The molecule has 19 heavy (non-hydrogen) atoms. The van der Waals surface area contributed by atoms with Gasteiger partial charge in [-0.25, -0.2) is 0 Å². The summed E-state index contributed by atoms with van der Waals surface area (Å²) in [5.41, 5.74) is 2.31. The summed E-state index contributed by atoms with van der Waals surface area (Å²) in [5.74, 6) is 0.824. The molecule has 2 atom stereocenters. The average Bonchev–Trinajstić information content (AvgIpc) is 2.54. The van der Waals surface area contributed by atoms with Crippen molar-refractivity contribution in [2.45, 2.75) is 18.4 Å². The molecule has 3 nitrogen and oxygen atoms in total. The first-order valence-corrected chi connectivity index (χ1v) is 8.42. The van der Waals surface area contributed by atoms with Crippen LogP contribution in [0.4, 0.5) is 0 Å². The molecule has 1 aliphatic heterocycles. The molecule has 1 unspecified atom stereocenters. The van der Waals surface area contributed by atoms with Gasteiger partial charge in [0.2, 0.25) is 5.91 Å². The van der Waals surface area contributed by atoms with Crippen molar-refractivity contribution in [2.75, 3.05) is 24.8 Å². The average molecular weight is 391 g/mol. The van der Waals surface area contributed by atoms with Gasteiger partial charge in [0.25, 0.3) is 0 Å². The quantitative estimate of drug-likeness (QED) is 0.742. The second-order valence-electron chi connectivity index (χ2n) is 4.73. The predicted molar refractivity (Wildman–Crippen MR) is 83.6 cm³/mol. The third kappa shape index (κ3) is 2.82. The molecule has 104 valence electrons. The number of hydrogen-bond donors (Lipinski definition) is 0. The first kappa shape index (κ1) is 14.9. The Morgan fingerprint density at radius 3 is 2.68 bits per heavy atom. The summed E-state index contributed by atoms with van der Waals surface area (Å²) in [5, 5.41) is 1.42. The van der Waals surface area contributed by atoms with Gasteiger partial charge in [-0.2, -0.15) is 0 Å². The lowest BCUT2D eigenvalue weighted by Gasteiger charge is -2.26. The highest BCUT2D eigenvalue weighted by Crippen LogP contribution is 2.32. The largest absolute Gasteiger partial charge is 0.497 e. The predicted octanol–water partition coefficient (Wildman–Crippen LogP) is 2.95. The molecule has 1 amide bonds. The van der Waals surface area contributed by atoms with Crippen LogP contribution in [0.25, 0.3) is 0 Å². The molecule has 0 saturated heterocycles. The summed E-state index contributed by atoms with van der Waals surface area (Å²) >= 11 is 6.98. The Hall–Kier alpha value is -0.550. The van der Waals surface area contributed by atoms with Gasteiger partial charge in [0.1, 0.15) is 5.75 Å². The molecule has 0 fully saturated rings. The lowest BCUT2D eigenvalue weighted by Crippen LogP contribution is -2.40. The van der Waals surface area contributed by atoms with Gasteiger partial charge in [0, 0.05) is 23.7 Å². The summed E-state index contributed by atoms with van der Waals surface area (Å²) in [7, 11) is 3.53. The van der Waals surface area contributed by atoms with E-state index >= 15 is 0 Å². The maximum atomic E-state index is 12.5. The lowest BCUT2D eigenvalue weighted by atomic mass is 9.94. The van der Waals surface area contributed by atoms with Crippen LogP contribution in [0.15, 0.2) is 18.2 Å². The Labute approximate surface area is 130 Å². The molecule has 2 rings (SSSR count). The van der Waals surface area contributed by atoms with Crippen molar-refractivity contribution in [3.05, 3.63) is 29.3 Å². The molecule has 1 heterocycles. The van der Waals surface area contributed by atoms with Crippen LogP contribution in [-0.4, -0.2) is 41.7 Å². The number of fused-ring (bicyclic) bond motifs is 1. The summed E-state index contributed by atoms with van der Waals surface area (Å²) in [6.07, 6.45) is 0.871. The highest BCUT2D eigenvalue weighted by atomic mass is 79.9. The van der Waals surface area contributed by atoms with Crippen molar-refractivity contribution in [1.82, 2.24) is 4.90 Å². The van der Waals surface area contributed by atoms with Crippen molar-refractivity contribution in [1.29, 1.82) is 0 Å². The standard InChI is InChI=1S/C14H17Br2NO2/c1-17-10(7-15)5-9-3-4-11(19-2)6-12(9)13(8-16)14(17)18/h3-4,6,10,13H,5,7-8H2,1-2H3/t10-,13?/m1/s1. The zero-order valence-corrected chi connectivity index (χ0v) is 14.2. The lowest BCUT2D eigenvalue weighted by molar-refractivity contribution is -0.132. The minimum absolute atomic E-state index is 0.140. The topological polar surface area (TPSA) is 29.5 Å². The molecule has 0 N–H and O–H groups in total. The fraction of sp³-hybridized carbons (Fsp3) is 0.500. The van der Waals surface area contributed by atoms with Gasteiger partial charge in [-0.3, -0.25) is 4.79 Å². The number of hydrogen-bond acceptors (Lipinski definition) is 2. The minimum atomic E-state index is -0.140. The molecule has 1 aromatic carbocycles. The highest BCUT2D eigenvalue weighted by Gasteiger charge is 2.33. The van der Waals surface area contributed by atoms with Gasteiger partial charge >= 0.3 is 0 Å². The van der Waals surface area contributed by atoms with E-state index in [9.17, 15) is 4.79 Å². The molecule has 0 aromatic heterocycles. The fourth-order valence-electron chi connectivity index (χ4n) is 2.47. The smallest absolute Gasteiger partial charge is 0.231 e. The maximum Gasteiger partial charge on any atom is 0.231 e. The number of amides is 1. The zero-order chi connectivity index (χ0) is 14.0. The third-order valence-corrected chi connectivity index (χ3v) is 5.10. The number of halogens is 2. The van der Waals surface area contributed by atoms with Crippen LogP contribution in [0.1, 0.15) is 17.0 Å². The first-order valence-electron chi connectivity index (χ1n) is 6.17. The molecule has 0 aliphatic carbocycles. The summed E-state index contributed by atoms with van der Waals surface area (Å²) in [6, 6.07) is 6.23. The number of likely N-dealkylation sites (N-methyl/N-ethyl adjacent to an activating group) is 1. The number of rotatable bonds is 3. The van der Waals surface area contributed by atoms with Crippen LogP contribution < -0.4 is 4.74 Å². The third-order valence-electron chi connectivity index (χ3n) is 3.71. The molecule has 5 heteroatoms. The van der Waals surface area contributed by atoms with E-state index in [0.717, 1.165) is 23.1 Å². The summed E-state index contributed by atoms with van der Waals surface area (Å²) in [6.45, 7) is 0. The molecule has 0 radical (unpaired) electrons. The minimum Gasteiger partial charge on any atom is -0.497 e. The van der Waals surface area contributed by atoms with Gasteiger partial charge in [0.05, 0.1) is 13.0 Å². The van der Waals surface area contributed by atoms with Gasteiger partial charge in [0.15, 0.2) is 0 Å². The number of nitrogens with zero attached hydrogens (tertiary/aromatic N) is 1. The Bertz CT molecular complexity index is 479. The van der Waals surface area contributed by atoms with Crippen LogP contribution in [0.5, 0.6) is 5.75 Å². The first-order chi connectivity index (χ1) is 9.12. The van der Waals surface area contributed by atoms with Gasteiger partial charge in [-0.1, -0.05) is 37.9 Å². The van der Waals surface area contributed by atoms with Crippen LogP contribution in [0.3, 0.4) is 0 Å². The molecular formula is C14H17Br2NO2. The van der Waals surface area contributed by atoms with Crippen molar-refractivity contribution in [3.63, 3.8) is 0 Å². The molecule has 1 aromatic rings. The zero-order valence-electron chi connectivity index (χ0n) is 11.0. The Balaban J connectivity index is 2.51. The van der Waals surface area contributed by atoms with Crippen molar-refractivity contribution in [2.24, 2.45) is 0 Å². The number of ether oxygens (including phenoxy) is 1. The van der Waals surface area contributed by atoms with E-state index < -0.39 is 0 Å². The van der Waals surface area contributed by atoms with Crippen LogP contribution >= 0.6 is 31.9 Å². The van der Waals surface area contributed by atoms with E-state index in [4.69, 9.17) is 4.74 Å². The second-order valence-corrected chi connectivity index (χ2v) is 6.03. The Kier molecular flexibility index (Phi) is 4.90. The van der Waals surface area contributed by atoms with Gasteiger partial charge in [-0.15, -0.1) is 0 Å². The number of alkyl halides is 2. The van der Waals surface area contributed by atoms with Crippen LogP contribution in [0.2, 0.25) is 0 Å². The van der Waals surface area contributed by atoms with Crippen molar-refractivity contribution >= 4 is 37.8 Å². The Morgan fingerprint density at radius 2 is 2.11 bits per heavy atom. The number of carbonyl (C=O) groups is 1. The number of methoxy groups -OCH3 is 1. The molecular weight excluding hydrogens is 374 g/mol. The van der Waals surface area contributed by atoms with Crippen molar-refractivity contribution < 1.29 is 9.53 Å². The normalized spacial score (nSPS) is 22.9. The highest BCUT2D eigenvalue weighted by molar-refractivity contribution is 9.09. The van der Waals surface area contributed by atoms with E-state index in [1.807, 2.05) is 24.1 Å². The second kappa shape index (κ2) is 6.27. The molecule has 1 aliphatic rings. The van der Waals surface area contributed by atoms with Gasteiger partial charge < -0.3 is 9.64 Å². The Morgan fingerprint density at radius 1 is 1.37 bits per heavy atom. The number of benzene rings is 1. The van der Waals surface area contributed by atoms with Crippen LogP contribution in [0, 0.1) is 0 Å². The van der Waals surface area contributed by atoms with Crippen LogP contribution in [-0.2, 0) is 11.2 Å². The van der Waals surface area contributed by atoms with E-state index in [-0.39, 0.29) is 17.9 Å². The van der Waals surface area contributed by atoms with E-state index in [1.165, 1.54) is 5.56 Å². The molecule has 0 spiro atoms. The van der Waals surface area contributed by atoms with E-state index in [0.29, 0.717) is 5.33 Å². The maximum absolute atomic E-state index is 12.5. The molecule has 0 saturated carbocycles. The fourth-order valence-corrected chi connectivity index (χ4v) is 3.76. The van der Waals surface area contributed by atoms with E-state index in [2.05, 4.69) is 37.9 Å². The molecule has 0 bridgehead atoms. The summed E-state index contributed by atoms with van der Waals surface area (Å²) < 4.78 is 5.28. The monoisotopic (exact) mass is 389 g/mol. The van der Waals surface area contributed by atoms with Gasteiger partial charge in [-0.05, 0) is 29.7 Å². The SMILES string of the molecule is COc1ccc2c(c1)C(CBr)C(=O)N(C)[C@@H](CBr)C2.